The molecule has 0 saturated heterocycles. The minimum Gasteiger partial charge on any atom is -0.486 e. The Hall–Kier alpha value is -3.55. The summed E-state index contributed by atoms with van der Waals surface area (Å²) in [6, 6.07) is 15.2. The van der Waals surface area contributed by atoms with E-state index in [0.29, 0.717) is 36.9 Å². The Labute approximate surface area is 155 Å². The van der Waals surface area contributed by atoms with Gasteiger partial charge in [-0.2, -0.15) is 4.68 Å². The number of nitrogens with two attached hydrogens (primary N) is 1. The number of anilines is 1. The summed E-state index contributed by atoms with van der Waals surface area (Å²) >= 11 is 0. The molecule has 0 atom stereocenters. The number of amides is 1. The van der Waals surface area contributed by atoms with Gasteiger partial charge in [-0.15, -0.1) is 5.10 Å². The Bertz CT molecular complexity index is 955. The van der Waals surface area contributed by atoms with E-state index in [-0.39, 0.29) is 17.4 Å². The van der Waals surface area contributed by atoms with Gasteiger partial charge >= 0.3 is 0 Å². The van der Waals surface area contributed by atoms with E-state index in [4.69, 9.17) is 15.2 Å². The third-order valence-corrected chi connectivity index (χ3v) is 4.23. The largest absolute Gasteiger partial charge is 0.486 e. The standard InChI is InChI=1S/C19H19N5O3/c20-18-17(19(25)21-9-8-13-4-2-1-3-5-13)22-23-24(18)14-6-7-15-16(12-14)27-11-10-26-15/h1-7,12H,8-11,20H2,(H,21,25). The maximum Gasteiger partial charge on any atom is 0.275 e. The van der Waals surface area contributed by atoms with Crippen molar-refractivity contribution < 1.29 is 14.3 Å². The van der Waals surface area contributed by atoms with Crippen molar-refractivity contribution >= 4 is 11.7 Å². The zero-order chi connectivity index (χ0) is 18.6. The van der Waals surface area contributed by atoms with Crippen LogP contribution in [0.15, 0.2) is 48.5 Å². The van der Waals surface area contributed by atoms with Crippen molar-refractivity contribution in [3.63, 3.8) is 0 Å². The van der Waals surface area contributed by atoms with Gasteiger partial charge in [-0.3, -0.25) is 4.79 Å². The minimum absolute atomic E-state index is 0.0953. The molecule has 0 fully saturated rings. The Morgan fingerprint density at radius 1 is 1.11 bits per heavy atom. The second kappa shape index (κ2) is 7.36. The Morgan fingerprint density at radius 2 is 1.89 bits per heavy atom. The normalized spacial score (nSPS) is 12.6. The number of ether oxygens (including phenoxy) is 2. The van der Waals surface area contributed by atoms with Crippen molar-refractivity contribution in [3.05, 3.63) is 59.8 Å². The van der Waals surface area contributed by atoms with Crippen molar-refractivity contribution in [1.82, 2.24) is 20.3 Å². The van der Waals surface area contributed by atoms with E-state index in [1.807, 2.05) is 30.3 Å². The van der Waals surface area contributed by atoms with Gasteiger partial charge < -0.3 is 20.5 Å². The fourth-order valence-electron chi connectivity index (χ4n) is 2.85. The summed E-state index contributed by atoms with van der Waals surface area (Å²) in [5, 5.41) is 10.8. The van der Waals surface area contributed by atoms with Crippen LogP contribution in [-0.4, -0.2) is 40.7 Å². The SMILES string of the molecule is Nc1c(C(=O)NCCc2ccccc2)nnn1-c1ccc2c(c1)OCCO2. The highest BCUT2D eigenvalue weighted by molar-refractivity contribution is 5.96. The van der Waals surface area contributed by atoms with Gasteiger partial charge in [-0.05, 0) is 24.1 Å². The highest BCUT2D eigenvalue weighted by Crippen LogP contribution is 2.32. The third kappa shape index (κ3) is 3.55. The van der Waals surface area contributed by atoms with E-state index >= 15 is 0 Å². The van der Waals surface area contributed by atoms with Gasteiger partial charge in [-0.1, -0.05) is 35.5 Å². The van der Waals surface area contributed by atoms with Crippen molar-refractivity contribution in [1.29, 1.82) is 0 Å². The smallest absolute Gasteiger partial charge is 0.275 e. The molecule has 2 aromatic carbocycles. The van der Waals surface area contributed by atoms with Crippen molar-refractivity contribution in [2.45, 2.75) is 6.42 Å². The van der Waals surface area contributed by atoms with Crippen LogP contribution in [0.25, 0.3) is 5.69 Å². The van der Waals surface area contributed by atoms with Crippen LogP contribution in [0.1, 0.15) is 16.1 Å². The number of nitrogens with one attached hydrogen (secondary N) is 1. The number of nitrogen functional groups attached to an aromatic ring is 1. The van der Waals surface area contributed by atoms with Crippen LogP contribution in [0.4, 0.5) is 5.82 Å². The number of fused-ring (bicyclic) bond motifs is 1. The van der Waals surface area contributed by atoms with Crippen LogP contribution in [0, 0.1) is 0 Å². The van der Waals surface area contributed by atoms with E-state index in [9.17, 15) is 4.79 Å². The molecule has 1 aliphatic heterocycles. The van der Waals surface area contributed by atoms with Gasteiger partial charge in [0.2, 0.25) is 0 Å². The predicted molar refractivity (Wildman–Crippen MR) is 99.2 cm³/mol. The summed E-state index contributed by atoms with van der Waals surface area (Å²) in [7, 11) is 0. The van der Waals surface area contributed by atoms with E-state index in [0.717, 1.165) is 12.0 Å². The summed E-state index contributed by atoms with van der Waals surface area (Å²) in [6.07, 6.45) is 0.725. The van der Waals surface area contributed by atoms with Gasteiger partial charge in [0.05, 0.1) is 5.69 Å². The molecule has 1 amide bonds. The van der Waals surface area contributed by atoms with Crippen molar-refractivity contribution in [2.75, 3.05) is 25.5 Å². The molecule has 0 radical (unpaired) electrons. The lowest BCUT2D eigenvalue weighted by atomic mass is 10.1. The summed E-state index contributed by atoms with van der Waals surface area (Å²) < 4.78 is 12.5. The lowest BCUT2D eigenvalue weighted by molar-refractivity contribution is 0.0950. The monoisotopic (exact) mass is 365 g/mol. The van der Waals surface area contributed by atoms with Crippen LogP contribution in [0.2, 0.25) is 0 Å². The number of aromatic nitrogens is 3. The first-order valence-electron chi connectivity index (χ1n) is 8.66. The van der Waals surface area contributed by atoms with Crippen LogP contribution in [-0.2, 0) is 6.42 Å². The Balaban J connectivity index is 1.46. The zero-order valence-electron chi connectivity index (χ0n) is 14.6. The fraction of sp³-hybridized carbons (Fsp3) is 0.211. The average Bonchev–Trinajstić information content (AvgIpc) is 3.10. The molecule has 1 aromatic heterocycles. The average molecular weight is 365 g/mol. The molecule has 0 unspecified atom stereocenters. The molecule has 0 aliphatic carbocycles. The molecule has 0 saturated carbocycles. The summed E-state index contributed by atoms with van der Waals surface area (Å²) in [5.74, 6) is 1.10. The first kappa shape index (κ1) is 16.9. The zero-order valence-corrected chi connectivity index (χ0v) is 14.6. The molecule has 0 spiro atoms. The van der Waals surface area contributed by atoms with E-state index in [1.54, 1.807) is 18.2 Å². The number of nitrogens with zero attached hydrogens (tertiary/aromatic N) is 3. The topological polar surface area (TPSA) is 104 Å². The maximum atomic E-state index is 12.4. The molecule has 3 aromatic rings. The fourth-order valence-corrected chi connectivity index (χ4v) is 2.85. The highest BCUT2D eigenvalue weighted by atomic mass is 16.6. The summed E-state index contributed by atoms with van der Waals surface area (Å²) in [5.41, 5.74) is 7.99. The van der Waals surface area contributed by atoms with Crippen LogP contribution in [0.3, 0.4) is 0 Å². The molecular formula is C19H19N5O3. The van der Waals surface area contributed by atoms with Gasteiger partial charge in [0, 0.05) is 12.6 Å². The number of hydrogen-bond acceptors (Lipinski definition) is 6. The molecule has 3 N–H and O–H groups in total. The Kier molecular flexibility index (Phi) is 4.61. The molecule has 27 heavy (non-hydrogen) atoms. The summed E-state index contributed by atoms with van der Waals surface area (Å²) in [4.78, 5) is 12.4. The second-order valence-corrected chi connectivity index (χ2v) is 6.05. The number of carbonyl (C=O) groups excluding carboxylic acids is 1. The predicted octanol–water partition coefficient (Wildman–Crippen LogP) is 1.59. The molecule has 0 bridgehead atoms. The van der Waals surface area contributed by atoms with E-state index < -0.39 is 0 Å². The van der Waals surface area contributed by atoms with Crippen LogP contribution in [0.5, 0.6) is 11.5 Å². The van der Waals surface area contributed by atoms with E-state index in [2.05, 4.69) is 15.6 Å². The third-order valence-electron chi connectivity index (χ3n) is 4.23. The molecular weight excluding hydrogens is 346 g/mol. The second-order valence-electron chi connectivity index (χ2n) is 6.05. The number of carbonyl (C=O) groups is 1. The number of benzene rings is 2. The van der Waals surface area contributed by atoms with Crippen LogP contribution >= 0.6 is 0 Å². The molecule has 138 valence electrons. The molecule has 8 nitrogen and oxygen atoms in total. The molecule has 4 rings (SSSR count). The minimum atomic E-state index is -0.354. The van der Waals surface area contributed by atoms with Crippen LogP contribution < -0.4 is 20.5 Å². The first-order valence-corrected chi connectivity index (χ1v) is 8.66. The van der Waals surface area contributed by atoms with Crippen molar-refractivity contribution in [2.24, 2.45) is 0 Å². The number of hydrogen-bond donors (Lipinski definition) is 2. The quantitative estimate of drug-likeness (QED) is 0.712. The first-order chi connectivity index (χ1) is 13.2. The Morgan fingerprint density at radius 3 is 2.70 bits per heavy atom. The van der Waals surface area contributed by atoms with Gasteiger partial charge in [0.15, 0.2) is 23.0 Å². The molecule has 8 heteroatoms. The van der Waals surface area contributed by atoms with Gasteiger partial charge in [0.25, 0.3) is 5.91 Å². The molecule has 2 heterocycles. The van der Waals surface area contributed by atoms with Crippen molar-refractivity contribution in [3.8, 4) is 17.2 Å². The lowest BCUT2D eigenvalue weighted by Crippen LogP contribution is -2.27. The number of rotatable bonds is 5. The highest BCUT2D eigenvalue weighted by Gasteiger charge is 2.20. The lowest BCUT2D eigenvalue weighted by Gasteiger charge is -2.18. The summed E-state index contributed by atoms with van der Waals surface area (Å²) in [6.45, 7) is 1.49. The van der Waals surface area contributed by atoms with Gasteiger partial charge in [0.1, 0.15) is 13.2 Å². The van der Waals surface area contributed by atoms with Gasteiger partial charge in [-0.25, -0.2) is 0 Å². The maximum absolute atomic E-state index is 12.4. The van der Waals surface area contributed by atoms with E-state index in [1.165, 1.54) is 4.68 Å². The molecule has 1 aliphatic rings.